The van der Waals surface area contributed by atoms with E-state index in [1.54, 1.807) is 41.8 Å². The number of nitrogens with one attached hydrogen (secondary N) is 2. The Hall–Kier alpha value is -2.18. The zero-order valence-electron chi connectivity index (χ0n) is 12.5. The maximum atomic E-state index is 11.8. The third-order valence-corrected chi connectivity index (χ3v) is 4.28. The molecule has 2 aromatic rings. The molecule has 2 N–H and O–H groups in total. The number of carbonyl (C=O) groups is 2. The van der Waals surface area contributed by atoms with E-state index in [-0.39, 0.29) is 24.7 Å². The standard InChI is InChI=1S/C16H16ClN3O2S/c1-11-8-9-23-14(11)10-18-20-16(22)7-6-15(21)19-13-5-3-2-4-12(13)17/h2-5,8-10H,6-7H2,1H3,(H,19,21)(H,20,22)/b18-10+. The van der Waals surface area contributed by atoms with Crippen LogP contribution in [0.2, 0.25) is 5.02 Å². The van der Waals surface area contributed by atoms with Crippen LogP contribution >= 0.6 is 22.9 Å². The summed E-state index contributed by atoms with van der Waals surface area (Å²) in [6, 6.07) is 8.92. The summed E-state index contributed by atoms with van der Waals surface area (Å²) in [5, 5.41) is 8.96. The number of para-hydroxylation sites is 1. The first-order valence-electron chi connectivity index (χ1n) is 6.96. The number of halogens is 1. The van der Waals surface area contributed by atoms with Gasteiger partial charge in [0.25, 0.3) is 0 Å². The lowest BCUT2D eigenvalue weighted by atomic mass is 10.2. The van der Waals surface area contributed by atoms with Crippen molar-refractivity contribution >= 4 is 46.7 Å². The number of benzene rings is 1. The Balaban J connectivity index is 1.74. The van der Waals surface area contributed by atoms with Crippen LogP contribution in [-0.2, 0) is 9.59 Å². The molecule has 120 valence electrons. The molecule has 0 bridgehead atoms. The van der Waals surface area contributed by atoms with Gasteiger partial charge in [-0.15, -0.1) is 11.3 Å². The van der Waals surface area contributed by atoms with Crippen LogP contribution in [0.3, 0.4) is 0 Å². The van der Waals surface area contributed by atoms with Gasteiger partial charge >= 0.3 is 0 Å². The quantitative estimate of drug-likeness (QED) is 0.618. The average Bonchev–Trinajstić information content (AvgIpc) is 2.93. The van der Waals surface area contributed by atoms with Crippen LogP contribution in [0, 0.1) is 6.92 Å². The number of hydrogen-bond acceptors (Lipinski definition) is 4. The summed E-state index contributed by atoms with van der Waals surface area (Å²) < 4.78 is 0. The Bertz CT molecular complexity index is 728. The molecule has 5 nitrogen and oxygen atoms in total. The molecule has 0 radical (unpaired) electrons. The van der Waals surface area contributed by atoms with Crippen LogP contribution in [0.25, 0.3) is 0 Å². The van der Waals surface area contributed by atoms with E-state index >= 15 is 0 Å². The number of aryl methyl sites for hydroxylation is 1. The molecular formula is C16H16ClN3O2S. The van der Waals surface area contributed by atoms with Crippen molar-refractivity contribution in [2.45, 2.75) is 19.8 Å². The third kappa shape index (κ3) is 5.50. The minimum absolute atomic E-state index is 0.0526. The molecule has 7 heteroatoms. The van der Waals surface area contributed by atoms with Crippen molar-refractivity contribution in [3.8, 4) is 0 Å². The summed E-state index contributed by atoms with van der Waals surface area (Å²) in [5.41, 5.74) is 4.05. The molecule has 23 heavy (non-hydrogen) atoms. The molecule has 0 spiro atoms. The van der Waals surface area contributed by atoms with E-state index in [9.17, 15) is 9.59 Å². The zero-order valence-corrected chi connectivity index (χ0v) is 14.1. The topological polar surface area (TPSA) is 70.6 Å². The number of hydrogen-bond donors (Lipinski definition) is 2. The van der Waals surface area contributed by atoms with Gasteiger partial charge in [0.1, 0.15) is 0 Å². The van der Waals surface area contributed by atoms with Gasteiger partial charge in [0.05, 0.1) is 16.9 Å². The van der Waals surface area contributed by atoms with Gasteiger partial charge in [-0.2, -0.15) is 5.10 Å². The van der Waals surface area contributed by atoms with Crippen molar-refractivity contribution in [3.63, 3.8) is 0 Å². The van der Waals surface area contributed by atoms with Crippen LogP contribution in [0.5, 0.6) is 0 Å². The summed E-state index contributed by atoms with van der Waals surface area (Å²) in [7, 11) is 0. The normalized spacial score (nSPS) is 10.7. The maximum absolute atomic E-state index is 11.8. The minimum Gasteiger partial charge on any atom is -0.325 e. The molecule has 0 atom stereocenters. The van der Waals surface area contributed by atoms with E-state index in [2.05, 4.69) is 15.8 Å². The second-order valence-electron chi connectivity index (χ2n) is 4.79. The second-order valence-corrected chi connectivity index (χ2v) is 6.14. The van der Waals surface area contributed by atoms with Gasteiger partial charge in [0.2, 0.25) is 11.8 Å². The lowest BCUT2D eigenvalue weighted by Crippen LogP contribution is -2.20. The zero-order chi connectivity index (χ0) is 16.7. The van der Waals surface area contributed by atoms with E-state index in [1.807, 2.05) is 18.4 Å². The van der Waals surface area contributed by atoms with Gasteiger partial charge in [0, 0.05) is 17.7 Å². The highest BCUT2D eigenvalue weighted by atomic mass is 35.5. The summed E-state index contributed by atoms with van der Waals surface area (Å²) in [6.45, 7) is 1.97. The molecular weight excluding hydrogens is 334 g/mol. The van der Waals surface area contributed by atoms with Crippen molar-refractivity contribution in [1.82, 2.24) is 5.43 Å². The molecule has 0 aliphatic rings. The van der Waals surface area contributed by atoms with Gasteiger partial charge in [0.15, 0.2) is 0 Å². The van der Waals surface area contributed by atoms with Crippen LogP contribution in [0.4, 0.5) is 5.69 Å². The Morgan fingerprint density at radius 1 is 1.22 bits per heavy atom. The molecule has 0 saturated heterocycles. The minimum atomic E-state index is -0.315. The third-order valence-electron chi connectivity index (χ3n) is 3.00. The maximum Gasteiger partial charge on any atom is 0.240 e. The monoisotopic (exact) mass is 349 g/mol. The molecule has 0 aliphatic carbocycles. The summed E-state index contributed by atoms with van der Waals surface area (Å²) in [5.74, 6) is -0.587. The largest absolute Gasteiger partial charge is 0.325 e. The number of amides is 2. The first-order chi connectivity index (χ1) is 11.1. The van der Waals surface area contributed by atoms with Crippen molar-refractivity contribution in [3.05, 3.63) is 51.2 Å². The highest BCUT2D eigenvalue weighted by Crippen LogP contribution is 2.20. The Morgan fingerprint density at radius 2 is 1.96 bits per heavy atom. The first-order valence-corrected chi connectivity index (χ1v) is 8.22. The fourth-order valence-corrected chi connectivity index (χ4v) is 2.71. The summed E-state index contributed by atoms with van der Waals surface area (Å²) >= 11 is 7.49. The molecule has 2 rings (SSSR count). The predicted octanol–water partition coefficient (Wildman–Crippen LogP) is 3.58. The van der Waals surface area contributed by atoms with E-state index in [0.29, 0.717) is 10.7 Å². The van der Waals surface area contributed by atoms with Gasteiger partial charge in [-0.1, -0.05) is 23.7 Å². The van der Waals surface area contributed by atoms with Gasteiger partial charge in [-0.05, 0) is 36.1 Å². The highest BCUT2D eigenvalue weighted by molar-refractivity contribution is 7.11. The molecule has 0 unspecified atom stereocenters. The predicted molar refractivity (Wildman–Crippen MR) is 94.1 cm³/mol. The fourth-order valence-electron chi connectivity index (χ4n) is 1.74. The Labute approximate surface area is 143 Å². The SMILES string of the molecule is Cc1ccsc1/C=N/NC(=O)CCC(=O)Nc1ccccc1Cl. The van der Waals surface area contributed by atoms with Crippen LogP contribution in [0.15, 0.2) is 40.8 Å². The highest BCUT2D eigenvalue weighted by Gasteiger charge is 2.08. The van der Waals surface area contributed by atoms with Crippen molar-refractivity contribution < 1.29 is 9.59 Å². The van der Waals surface area contributed by atoms with Gasteiger partial charge < -0.3 is 5.32 Å². The van der Waals surface area contributed by atoms with E-state index in [0.717, 1.165) is 10.4 Å². The summed E-state index contributed by atoms with van der Waals surface area (Å²) in [6.07, 6.45) is 1.71. The van der Waals surface area contributed by atoms with E-state index < -0.39 is 0 Å². The number of anilines is 1. The van der Waals surface area contributed by atoms with Crippen LogP contribution in [-0.4, -0.2) is 18.0 Å². The number of nitrogens with zero attached hydrogens (tertiary/aromatic N) is 1. The van der Waals surface area contributed by atoms with E-state index in [4.69, 9.17) is 11.6 Å². The molecule has 0 saturated carbocycles. The smallest absolute Gasteiger partial charge is 0.240 e. The van der Waals surface area contributed by atoms with Crippen molar-refractivity contribution in [2.75, 3.05) is 5.32 Å². The number of carbonyl (C=O) groups excluding carboxylic acids is 2. The molecule has 0 aliphatic heterocycles. The number of thiophene rings is 1. The molecule has 2 amide bonds. The lowest BCUT2D eigenvalue weighted by Gasteiger charge is -2.06. The second kappa shape index (κ2) is 8.45. The van der Waals surface area contributed by atoms with Gasteiger partial charge in [-0.3, -0.25) is 9.59 Å². The fraction of sp³-hybridized carbons (Fsp3) is 0.188. The Kier molecular flexibility index (Phi) is 6.31. The lowest BCUT2D eigenvalue weighted by molar-refractivity contribution is -0.124. The molecule has 1 aromatic carbocycles. The van der Waals surface area contributed by atoms with Crippen LogP contribution in [0.1, 0.15) is 23.3 Å². The van der Waals surface area contributed by atoms with Crippen molar-refractivity contribution in [2.24, 2.45) is 5.10 Å². The first kappa shape index (κ1) is 17.2. The number of rotatable bonds is 6. The van der Waals surface area contributed by atoms with Crippen molar-refractivity contribution in [1.29, 1.82) is 0 Å². The molecule has 0 fully saturated rings. The summed E-state index contributed by atoms with van der Waals surface area (Å²) in [4.78, 5) is 24.4. The average molecular weight is 350 g/mol. The van der Waals surface area contributed by atoms with Gasteiger partial charge in [-0.25, -0.2) is 5.43 Å². The number of hydrazone groups is 1. The Morgan fingerprint density at radius 3 is 2.65 bits per heavy atom. The molecule has 1 heterocycles. The molecule has 1 aromatic heterocycles. The van der Waals surface area contributed by atoms with Crippen LogP contribution < -0.4 is 10.7 Å². The van der Waals surface area contributed by atoms with E-state index in [1.165, 1.54) is 0 Å².